The maximum atomic E-state index is 13.0. The number of aromatic nitrogens is 1. The van der Waals surface area contributed by atoms with Crippen LogP contribution < -0.4 is 0 Å². The topological polar surface area (TPSA) is 39.2 Å². The Morgan fingerprint density at radius 3 is 2.59 bits per heavy atom. The summed E-state index contributed by atoms with van der Waals surface area (Å²) in [5.74, 6) is -0.353. The Bertz CT molecular complexity index is 985. The molecule has 0 fully saturated rings. The van der Waals surface area contributed by atoms with Gasteiger partial charge in [-0.1, -0.05) is 67.7 Å². The third-order valence-corrected chi connectivity index (χ3v) is 5.08. The van der Waals surface area contributed by atoms with E-state index >= 15 is 0 Å². The molecule has 0 N–H and O–H groups in total. The zero-order valence-electron chi connectivity index (χ0n) is 15.4. The molecule has 0 aliphatic heterocycles. The highest BCUT2D eigenvalue weighted by atomic mass is 35.5. The number of hydrogen-bond donors (Lipinski definition) is 0. The predicted octanol–water partition coefficient (Wildman–Crippen LogP) is 6.41. The van der Waals surface area contributed by atoms with Crippen molar-refractivity contribution in [2.45, 2.75) is 39.7 Å². The summed E-state index contributed by atoms with van der Waals surface area (Å²) in [7, 11) is 0. The van der Waals surface area contributed by atoms with Crippen molar-refractivity contribution in [3.63, 3.8) is 0 Å². The lowest BCUT2D eigenvalue weighted by Crippen LogP contribution is -2.13. The lowest BCUT2D eigenvalue weighted by molar-refractivity contribution is 0.0474. The second-order valence-electron chi connectivity index (χ2n) is 6.34. The van der Waals surface area contributed by atoms with Crippen LogP contribution in [0.5, 0.6) is 0 Å². The number of hydrogen-bond acceptors (Lipinski definition) is 3. The maximum Gasteiger partial charge on any atom is 0.339 e. The minimum Gasteiger partial charge on any atom is -0.457 e. The van der Waals surface area contributed by atoms with Gasteiger partial charge < -0.3 is 4.74 Å². The fourth-order valence-electron chi connectivity index (χ4n) is 3.21. The van der Waals surface area contributed by atoms with Gasteiger partial charge in [0.1, 0.15) is 6.61 Å². The molecule has 3 rings (SSSR count). The van der Waals surface area contributed by atoms with Crippen LogP contribution in [0.1, 0.15) is 47.4 Å². The summed E-state index contributed by atoms with van der Waals surface area (Å²) >= 11 is 12.1. The fraction of sp³-hybridized carbons (Fsp3) is 0.273. The first-order chi connectivity index (χ1) is 13.0. The van der Waals surface area contributed by atoms with Gasteiger partial charge in [-0.25, -0.2) is 4.79 Å². The van der Waals surface area contributed by atoms with E-state index in [2.05, 4.69) is 6.92 Å². The molecule has 0 atom stereocenters. The average molecular weight is 402 g/mol. The van der Waals surface area contributed by atoms with Crippen molar-refractivity contribution >= 4 is 40.1 Å². The van der Waals surface area contributed by atoms with Crippen LogP contribution in [0.25, 0.3) is 10.9 Å². The highest BCUT2D eigenvalue weighted by Gasteiger charge is 2.20. The van der Waals surface area contributed by atoms with Crippen molar-refractivity contribution < 1.29 is 9.53 Å². The van der Waals surface area contributed by atoms with Crippen LogP contribution in [0.2, 0.25) is 10.0 Å². The molecule has 5 heteroatoms. The van der Waals surface area contributed by atoms with Crippen molar-refractivity contribution in [1.29, 1.82) is 0 Å². The van der Waals surface area contributed by atoms with Gasteiger partial charge in [0.25, 0.3) is 0 Å². The van der Waals surface area contributed by atoms with E-state index < -0.39 is 0 Å². The Morgan fingerprint density at radius 1 is 1.11 bits per heavy atom. The second-order valence-corrected chi connectivity index (χ2v) is 7.19. The molecule has 0 amide bonds. The lowest BCUT2D eigenvalue weighted by atomic mass is 9.96. The number of carbonyl (C=O) groups is 1. The van der Waals surface area contributed by atoms with E-state index in [1.165, 1.54) is 0 Å². The number of fused-ring (bicyclic) bond motifs is 1. The van der Waals surface area contributed by atoms with E-state index in [4.69, 9.17) is 32.9 Å². The molecule has 3 nitrogen and oxygen atoms in total. The molecular weight excluding hydrogens is 381 g/mol. The van der Waals surface area contributed by atoms with Gasteiger partial charge in [-0.15, -0.1) is 0 Å². The number of halogens is 2. The first-order valence-electron chi connectivity index (χ1n) is 9.06. The number of carbonyl (C=O) groups excluding carboxylic acids is 1. The Labute approximate surface area is 169 Å². The van der Waals surface area contributed by atoms with Gasteiger partial charge in [-0.05, 0) is 36.6 Å². The molecule has 0 spiro atoms. The third-order valence-electron chi connectivity index (χ3n) is 4.50. The van der Waals surface area contributed by atoms with Gasteiger partial charge in [-0.3, -0.25) is 4.98 Å². The molecule has 0 saturated carbocycles. The summed E-state index contributed by atoms with van der Waals surface area (Å²) in [6.07, 6.45) is 2.52. The van der Waals surface area contributed by atoms with E-state index in [0.29, 0.717) is 15.6 Å². The molecule has 0 aliphatic rings. The Morgan fingerprint density at radius 2 is 1.89 bits per heavy atom. The van der Waals surface area contributed by atoms with E-state index in [1.54, 1.807) is 18.2 Å². The molecule has 0 bridgehead atoms. The van der Waals surface area contributed by atoms with E-state index in [0.717, 1.165) is 47.0 Å². The molecule has 3 aromatic rings. The van der Waals surface area contributed by atoms with Crippen molar-refractivity contribution in [3.05, 3.63) is 74.9 Å². The Kier molecular flexibility index (Phi) is 6.35. The van der Waals surface area contributed by atoms with Gasteiger partial charge in [0.2, 0.25) is 0 Å². The molecule has 0 saturated heterocycles. The third kappa shape index (κ3) is 4.26. The molecule has 140 valence electrons. The number of benzene rings is 2. The monoisotopic (exact) mass is 401 g/mol. The molecule has 0 unspecified atom stereocenters. The van der Waals surface area contributed by atoms with E-state index in [9.17, 15) is 4.79 Å². The number of rotatable bonds is 6. The minimum atomic E-state index is -0.353. The van der Waals surface area contributed by atoms with Gasteiger partial charge >= 0.3 is 5.97 Å². The van der Waals surface area contributed by atoms with Crippen molar-refractivity contribution in [1.82, 2.24) is 4.98 Å². The highest BCUT2D eigenvalue weighted by molar-refractivity contribution is 6.35. The quantitative estimate of drug-likeness (QED) is 0.447. The van der Waals surface area contributed by atoms with Crippen molar-refractivity contribution in [2.24, 2.45) is 0 Å². The van der Waals surface area contributed by atoms with Crippen molar-refractivity contribution in [2.75, 3.05) is 0 Å². The van der Waals surface area contributed by atoms with Crippen LogP contribution in [-0.4, -0.2) is 11.0 Å². The van der Waals surface area contributed by atoms with Crippen molar-refractivity contribution in [3.8, 4) is 0 Å². The van der Waals surface area contributed by atoms with Crippen LogP contribution >= 0.6 is 23.2 Å². The zero-order valence-corrected chi connectivity index (χ0v) is 16.9. The summed E-state index contributed by atoms with van der Waals surface area (Å²) in [6, 6.07) is 12.8. The standard InChI is InChI=1S/C22H21Cl2NO2/c1-3-7-19-16(4-2)21(17-8-5-6-9-20(17)25-19)22(26)27-13-14-10-11-15(23)12-18(14)24/h5-6,8-12H,3-4,7,13H2,1-2H3. The highest BCUT2D eigenvalue weighted by Crippen LogP contribution is 2.27. The second kappa shape index (κ2) is 8.73. The van der Waals surface area contributed by atoms with Crippen LogP contribution in [0.3, 0.4) is 0 Å². The maximum absolute atomic E-state index is 13.0. The number of ether oxygens (including phenoxy) is 1. The first kappa shape index (κ1) is 19.7. The summed E-state index contributed by atoms with van der Waals surface area (Å²) in [5.41, 5.74) is 4.07. The largest absolute Gasteiger partial charge is 0.457 e. The molecular formula is C22H21Cl2NO2. The minimum absolute atomic E-state index is 0.0950. The SMILES string of the molecule is CCCc1nc2ccccc2c(C(=O)OCc2ccc(Cl)cc2Cl)c1CC. The average Bonchev–Trinajstić information content (AvgIpc) is 2.66. The van der Waals surface area contributed by atoms with Crippen LogP contribution in [-0.2, 0) is 24.2 Å². The van der Waals surface area contributed by atoms with Gasteiger partial charge in [-0.2, -0.15) is 0 Å². The summed E-state index contributed by atoms with van der Waals surface area (Å²) in [4.78, 5) is 17.8. The summed E-state index contributed by atoms with van der Waals surface area (Å²) in [6.45, 7) is 4.24. The number of esters is 1. The summed E-state index contributed by atoms with van der Waals surface area (Å²) < 4.78 is 5.62. The number of nitrogens with zero attached hydrogens (tertiary/aromatic N) is 1. The molecule has 27 heavy (non-hydrogen) atoms. The van der Waals surface area contributed by atoms with Gasteiger partial charge in [0.05, 0.1) is 11.1 Å². The Hall–Kier alpha value is -2.10. The Balaban J connectivity index is 1.99. The smallest absolute Gasteiger partial charge is 0.339 e. The van der Waals surface area contributed by atoms with E-state index in [-0.39, 0.29) is 12.6 Å². The first-order valence-corrected chi connectivity index (χ1v) is 9.82. The molecule has 0 aliphatic carbocycles. The number of aryl methyl sites for hydroxylation is 1. The van der Waals surface area contributed by atoms with Gasteiger partial charge in [0.15, 0.2) is 0 Å². The lowest BCUT2D eigenvalue weighted by Gasteiger charge is -2.15. The zero-order chi connectivity index (χ0) is 19.4. The number of para-hydroxylation sites is 1. The van der Waals surface area contributed by atoms with Crippen LogP contribution in [0.15, 0.2) is 42.5 Å². The summed E-state index contributed by atoms with van der Waals surface area (Å²) in [5, 5.41) is 1.85. The van der Waals surface area contributed by atoms with Crippen LogP contribution in [0.4, 0.5) is 0 Å². The van der Waals surface area contributed by atoms with Gasteiger partial charge in [0, 0.05) is 26.7 Å². The van der Waals surface area contributed by atoms with E-state index in [1.807, 2.05) is 31.2 Å². The predicted molar refractivity (Wildman–Crippen MR) is 111 cm³/mol. The normalized spacial score (nSPS) is 11.0. The molecule has 1 heterocycles. The fourth-order valence-corrected chi connectivity index (χ4v) is 3.68. The number of pyridine rings is 1. The van der Waals surface area contributed by atoms with Crippen LogP contribution in [0, 0.1) is 0 Å². The molecule has 2 aromatic carbocycles. The molecule has 0 radical (unpaired) electrons. The molecule has 1 aromatic heterocycles.